The average Bonchev–Trinajstić information content (AvgIpc) is 3.15. The van der Waals surface area contributed by atoms with Crippen molar-refractivity contribution in [1.29, 1.82) is 0 Å². The summed E-state index contributed by atoms with van der Waals surface area (Å²) in [5, 5.41) is 11.8. The van der Waals surface area contributed by atoms with Crippen molar-refractivity contribution in [2.75, 3.05) is 13.2 Å². The number of carbonyl (C=O) groups excluding carboxylic acids is 1. The normalized spacial score (nSPS) is 38.3. The van der Waals surface area contributed by atoms with Gasteiger partial charge in [0.05, 0.1) is 0 Å². The Hall–Kier alpha value is -1.03. The summed E-state index contributed by atoms with van der Waals surface area (Å²) in [6.07, 6.45) is 19.3. The maximum Gasteiger partial charge on any atom is 0.407 e. The molecule has 4 unspecified atom stereocenters. The second-order valence-electron chi connectivity index (χ2n) is 13.4. The van der Waals surface area contributed by atoms with Gasteiger partial charge >= 0.3 is 6.09 Å². The number of allylic oxidation sites excluding steroid dienone is 1. The third-order valence-electron chi connectivity index (χ3n) is 11.0. The van der Waals surface area contributed by atoms with E-state index in [4.69, 9.17) is 9.84 Å². The van der Waals surface area contributed by atoms with Gasteiger partial charge in [-0.15, -0.1) is 0 Å². The van der Waals surface area contributed by atoms with E-state index in [2.05, 4.69) is 39.1 Å². The van der Waals surface area contributed by atoms with E-state index in [1.165, 1.54) is 51.4 Å². The van der Waals surface area contributed by atoms with Gasteiger partial charge in [0, 0.05) is 19.6 Å². The molecule has 0 aromatic heterocycles. The van der Waals surface area contributed by atoms with Crippen molar-refractivity contribution < 1.29 is 14.6 Å². The number of unbranched alkanes of at least 4 members (excludes halogenated alkanes) is 2. The fourth-order valence-corrected chi connectivity index (χ4v) is 8.88. The summed E-state index contributed by atoms with van der Waals surface area (Å²) in [6.45, 7) is 10.8. The van der Waals surface area contributed by atoms with Gasteiger partial charge in [-0.1, -0.05) is 52.2 Å². The first-order valence-electron chi connectivity index (χ1n) is 15.0. The number of alkyl carbamates (subject to hydrolysis) is 1. The third kappa shape index (κ3) is 5.78. The first-order valence-corrected chi connectivity index (χ1v) is 15.0. The zero-order valence-corrected chi connectivity index (χ0v) is 23.1. The predicted molar refractivity (Wildman–Crippen MR) is 143 cm³/mol. The summed E-state index contributed by atoms with van der Waals surface area (Å²) in [4.78, 5) is 12.3. The van der Waals surface area contributed by atoms with Gasteiger partial charge in [0.25, 0.3) is 0 Å². The van der Waals surface area contributed by atoms with E-state index in [-0.39, 0.29) is 18.8 Å². The van der Waals surface area contributed by atoms with Crippen LogP contribution in [0.3, 0.4) is 0 Å². The van der Waals surface area contributed by atoms with Crippen molar-refractivity contribution in [2.24, 2.45) is 40.4 Å². The fourth-order valence-electron chi connectivity index (χ4n) is 8.88. The molecule has 7 atom stereocenters. The highest BCUT2D eigenvalue weighted by atomic mass is 16.6. The monoisotopic (exact) mass is 487 g/mol. The number of carbonyl (C=O) groups is 1. The third-order valence-corrected chi connectivity index (χ3v) is 11.0. The van der Waals surface area contributed by atoms with E-state index < -0.39 is 0 Å². The van der Waals surface area contributed by atoms with Crippen molar-refractivity contribution in [3.63, 3.8) is 0 Å². The van der Waals surface area contributed by atoms with Gasteiger partial charge in [0.1, 0.15) is 6.10 Å². The smallest absolute Gasteiger partial charge is 0.407 e. The van der Waals surface area contributed by atoms with Crippen molar-refractivity contribution in [3.05, 3.63) is 11.6 Å². The van der Waals surface area contributed by atoms with Crippen LogP contribution in [0.1, 0.15) is 118 Å². The van der Waals surface area contributed by atoms with Crippen LogP contribution in [0, 0.1) is 40.4 Å². The molecule has 0 spiro atoms. The molecule has 0 aromatic carbocycles. The van der Waals surface area contributed by atoms with Crippen molar-refractivity contribution in [3.8, 4) is 0 Å². The largest absolute Gasteiger partial charge is 0.446 e. The summed E-state index contributed by atoms with van der Waals surface area (Å²) < 4.78 is 5.84. The Bertz CT molecular complexity index is 748. The second-order valence-corrected chi connectivity index (χ2v) is 13.4. The van der Waals surface area contributed by atoms with Crippen LogP contribution in [-0.2, 0) is 4.74 Å². The molecule has 1 amide bonds. The highest BCUT2D eigenvalue weighted by molar-refractivity contribution is 5.67. The number of hydrogen-bond donors (Lipinski definition) is 2. The molecule has 4 aliphatic carbocycles. The first-order chi connectivity index (χ1) is 16.8. The van der Waals surface area contributed by atoms with Crippen LogP contribution in [0.2, 0.25) is 0 Å². The maximum atomic E-state index is 12.3. The lowest BCUT2D eigenvalue weighted by atomic mass is 9.47. The molecule has 0 heterocycles. The number of ether oxygens (including phenoxy) is 1. The zero-order chi connectivity index (χ0) is 25.1. The van der Waals surface area contributed by atoms with E-state index in [0.29, 0.717) is 17.4 Å². The highest BCUT2D eigenvalue weighted by Gasteiger charge is 2.58. The number of aliphatic hydroxyl groups excluding tert-OH is 1. The number of amides is 1. The van der Waals surface area contributed by atoms with Gasteiger partial charge in [-0.2, -0.15) is 0 Å². The molecule has 0 saturated heterocycles. The van der Waals surface area contributed by atoms with Gasteiger partial charge in [-0.3, -0.25) is 0 Å². The molecule has 4 rings (SSSR count). The molecule has 0 bridgehead atoms. The summed E-state index contributed by atoms with van der Waals surface area (Å²) in [7, 11) is 0. The number of nitrogens with one attached hydrogen (secondary N) is 1. The molecule has 4 aliphatic rings. The summed E-state index contributed by atoms with van der Waals surface area (Å²) in [6, 6.07) is 0. The lowest BCUT2D eigenvalue weighted by Crippen LogP contribution is -2.50. The molecule has 35 heavy (non-hydrogen) atoms. The molecule has 4 heteroatoms. The Morgan fingerprint density at radius 3 is 2.69 bits per heavy atom. The molecule has 0 aliphatic heterocycles. The first kappa shape index (κ1) is 27.0. The van der Waals surface area contributed by atoms with E-state index in [0.717, 1.165) is 68.1 Å². The number of rotatable bonds is 10. The van der Waals surface area contributed by atoms with E-state index in [1.807, 2.05) is 0 Å². The van der Waals surface area contributed by atoms with Gasteiger partial charge in [0.15, 0.2) is 0 Å². The summed E-state index contributed by atoms with van der Waals surface area (Å²) >= 11 is 0. The number of fused-ring (bicyclic) bond motifs is 5. The Balaban J connectivity index is 1.33. The molecule has 200 valence electrons. The van der Waals surface area contributed by atoms with Gasteiger partial charge in [-0.05, 0) is 111 Å². The fraction of sp³-hybridized carbons (Fsp3) is 0.903. The second kappa shape index (κ2) is 11.6. The van der Waals surface area contributed by atoms with Crippen LogP contribution >= 0.6 is 0 Å². The summed E-state index contributed by atoms with van der Waals surface area (Å²) in [5.74, 6) is 4.36. The van der Waals surface area contributed by atoms with Crippen LogP contribution < -0.4 is 5.32 Å². The summed E-state index contributed by atoms with van der Waals surface area (Å²) in [5.41, 5.74) is 2.46. The lowest BCUT2D eigenvalue weighted by molar-refractivity contribution is -0.0519. The molecular formula is C31H53NO3. The molecule has 4 nitrogen and oxygen atoms in total. The molecular weight excluding hydrogens is 434 g/mol. The molecule has 0 radical (unpaired) electrons. The SMILES string of the molecule is CC(C)CCCC1CCC2C3CC=C4C[C@H](OC(=O)NCCCCCO)CC[C@@]4(C)C3CC[C@@]12C. The maximum absolute atomic E-state index is 12.3. The minimum absolute atomic E-state index is 0.0222. The lowest BCUT2D eigenvalue weighted by Gasteiger charge is -2.58. The van der Waals surface area contributed by atoms with Crippen LogP contribution in [0.25, 0.3) is 0 Å². The molecule has 2 N–H and O–H groups in total. The zero-order valence-electron chi connectivity index (χ0n) is 23.1. The quantitative estimate of drug-likeness (QED) is 0.246. The van der Waals surface area contributed by atoms with Gasteiger partial charge in [-0.25, -0.2) is 4.79 Å². The predicted octanol–water partition coefficient (Wildman–Crippen LogP) is 7.65. The van der Waals surface area contributed by atoms with Crippen LogP contribution in [-0.4, -0.2) is 30.5 Å². The minimum Gasteiger partial charge on any atom is -0.446 e. The average molecular weight is 488 g/mol. The number of hydrogen-bond acceptors (Lipinski definition) is 3. The molecule has 3 saturated carbocycles. The molecule has 0 aromatic rings. The van der Waals surface area contributed by atoms with Gasteiger partial charge < -0.3 is 15.2 Å². The Morgan fingerprint density at radius 2 is 1.91 bits per heavy atom. The van der Waals surface area contributed by atoms with E-state index >= 15 is 0 Å². The Morgan fingerprint density at radius 1 is 1.09 bits per heavy atom. The van der Waals surface area contributed by atoms with Crippen molar-refractivity contribution in [1.82, 2.24) is 5.32 Å². The van der Waals surface area contributed by atoms with Crippen LogP contribution in [0.5, 0.6) is 0 Å². The van der Waals surface area contributed by atoms with Gasteiger partial charge in [0.2, 0.25) is 0 Å². The topological polar surface area (TPSA) is 58.6 Å². The highest BCUT2D eigenvalue weighted by Crippen LogP contribution is 2.66. The van der Waals surface area contributed by atoms with E-state index in [9.17, 15) is 4.79 Å². The van der Waals surface area contributed by atoms with E-state index in [1.54, 1.807) is 5.57 Å². The van der Waals surface area contributed by atoms with Crippen molar-refractivity contribution >= 4 is 6.09 Å². The minimum atomic E-state index is -0.264. The van der Waals surface area contributed by atoms with Crippen LogP contribution in [0.15, 0.2) is 11.6 Å². The Labute approximate surface area is 215 Å². The number of aliphatic hydroxyl groups is 1. The Kier molecular flexibility index (Phi) is 8.93. The van der Waals surface area contributed by atoms with Crippen molar-refractivity contribution in [2.45, 2.75) is 124 Å². The molecule has 3 fully saturated rings. The standard InChI is InChI=1S/C31H53NO3/c1-22(2)9-8-10-23-12-14-27-26-13-11-24-21-25(35-29(34)32-19-6-5-7-20-33)15-17-31(24,4)28(26)16-18-30(23,27)3/h11,22-23,25-28,33H,5-10,12-21H2,1-4H3,(H,32,34)/t23?,25-,26?,27?,28?,30+,31-/m1/s1. The van der Waals surface area contributed by atoms with Crippen LogP contribution in [0.4, 0.5) is 4.79 Å².